The third kappa shape index (κ3) is 1.79. The van der Waals surface area contributed by atoms with Crippen LogP contribution in [0.2, 0.25) is 0 Å². The molecule has 1 aliphatic heterocycles. The van der Waals surface area contributed by atoms with Crippen LogP contribution in [0.1, 0.15) is 13.8 Å². The van der Waals surface area contributed by atoms with E-state index in [1.54, 1.807) is 6.07 Å². The summed E-state index contributed by atoms with van der Waals surface area (Å²) >= 11 is 0. The van der Waals surface area contributed by atoms with E-state index in [1.165, 1.54) is 12.1 Å². The maximum atomic E-state index is 13.1. The summed E-state index contributed by atoms with van der Waals surface area (Å²) in [7, 11) is 0. The van der Waals surface area contributed by atoms with Gasteiger partial charge in [-0.25, -0.2) is 4.39 Å². The molecule has 0 bridgehead atoms. The maximum Gasteiger partial charge on any atom is 0.243 e. The first kappa shape index (κ1) is 9.96. The summed E-state index contributed by atoms with van der Waals surface area (Å²) in [6.45, 7) is 4.24. The first-order valence-electron chi connectivity index (χ1n) is 4.94. The molecule has 1 aliphatic rings. The SMILES string of the molecule is CC(C)N1CC(=O)Nc2ccc(F)cc21. The highest BCUT2D eigenvalue weighted by atomic mass is 19.1. The van der Waals surface area contributed by atoms with Crippen LogP contribution >= 0.6 is 0 Å². The summed E-state index contributed by atoms with van der Waals surface area (Å²) in [5, 5.41) is 2.72. The van der Waals surface area contributed by atoms with Crippen molar-refractivity contribution >= 4 is 17.3 Å². The highest BCUT2D eigenvalue weighted by Gasteiger charge is 2.23. The summed E-state index contributed by atoms with van der Waals surface area (Å²) in [5.41, 5.74) is 1.44. The molecule has 0 unspecified atom stereocenters. The molecule has 3 nitrogen and oxygen atoms in total. The van der Waals surface area contributed by atoms with Crippen molar-refractivity contribution in [2.45, 2.75) is 19.9 Å². The largest absolute Gasteiger partial charge is 0.358 e. The molecule has 0 saturated heterocycles. The van der Waals surface area contributed by atoms with Crippen LogP contribution in [0.4, 0.5) is 15.8 Å². The molecular weight excluding hydrogens is 195 g/mol. The van der Waals surface area contributed by atoms with Crippen molar-refractivity contribution in [3.63, 3.8) is 0 Å². The molecule has 2 rings (SSSR count). The number of hydrogen-bond donors (Lipinski definition) is 1. The van der Waals surface area contributed by atoms with Gasteiger partial charge in [-0.15, -0.1) is 0 Å². The van der Waals surface area contributed by atoms with Gasteiger partial charge < -0.3 is 10.2 Å². The molecule has 4 heteroatoms. The van der Waals surface area contributed by atoms with Gasteiger partial charge in [0.25, 0.3) is 0 Å². The molecule has 80 valence electrons. The van der Waals surface area contributed by atoms with E-state index in [4.69, 9.17) is 0 Å². The molecule has 15 heavy (non-hydrogen) atoms. The van der Waals surface area contributed by atoms with Gasteiger partial charge in [0.15, 0.2) is 0 Å². The Balaban J connectivity index is 2.47. The third-order valence-electron chi connectivity index (χ3n) is 2.48. The molecule has 0 radical (unpaired) electrons. The number of rotatable bonds is 1. The van der Waals surface area contributed by atoms with Crippen molar-refractivity contribution < 1.29 is 9.18 Å². The normalized spacial score (nSPS) is 15.2. The Bertz CT molecular complexity index is 404. The molecule has 1 heterocycles. The lowest BCUT2D eigenvalue weighted by atomic mass is 10.1. The summed E-state index contributed by atoms with van der Waals surface area (Å²) in [5.74, 6) is -0.335. The average Bonchev–Trinajstić information content (AvgIpc) is 2.17. The van der Waals surface area contributed by atoms with Crippen LogP contribution in [0.3, 0.4) is 0 Å². The van der Waals surface area contributed by atoms with Gasteiger partial charge in [-0.3, -0.25) is 4.79 Å². The van der Waals surface area contributed by atoms with E-state index in [0.717, 1.165) is 5.69 Å². The average molecular weight is 208 g/mol. The first-order valence-corrected chi connectivity index (χ1v) is 4.94. The number of hydrogen-bond acceptors (Lipinski definition) is 2. The zero-order chi connectivity index (χ0) is 11.0. The van der Waals surface area contributed by atoms with Crippen molar-refractivity contribution in [2.75, 3.05) is 16.8 Å². The van der Waals surface area contributed by atoms with Crippen molar-refractivity contribution in [3.8, 4) is 0 Å². The van der Waals surface area contributed by atoms with E-state index in [0.29, 0.717) is 5.69 Å². The summed E-state index contributed by atoms with van der Waals surface area (Å²) in [4.78, 5) is 13.3. The minimum absolute atomic E-state index is 0.0530. The lowest BCUT2D eigenvalue weighted by Gasteiger charge is -2.33. The number of nitrogens with one attached hydrogen (secondary N) is 1. The van der Waals surface area contributed by atoms with Gasteiger partial charge in [0.2, 0.25) is 5.91 Å². The molecule has 0 spiro atoms. The zero-order valence-electron chi connectivity index (χ0n) is 8.75. The van der Waals surface area contributed by atoms with Gasteiger partial charge in [-0.1, -0.05) is 0 Å². The predicted molar refractivity (Wildman–Crippen MR) is 57.5 cm³/mol. The van der Waals surface area contributed by atoms with E-state index < -0.39 is 0 Å². The molecule has 1 aromatic carbocycles. The fraction of sp³-hybridized carbons (Fsp3) is 0.364. The van der Waals surface area contributed by atoms with Gasteiger partial charge >= 0.3 is 0 Å². The van der Waals surface area contributed by atoms with Crippen molar-refractivity contribution in [1.82, 2.24) is 0 Å². The Labute approximate surface area is 87.9 Å². The van der Waals surface area contributed by atoms with E-state index in [-0.39, 0.29) is 24.3 Å². The van der Waals surface area contributed by atoms with Gasteiger partial charge in [-0.05, 0) is 32.0 Å². The van der Waals surface area contributed by atoms with Gasteiger partial charge in [0.1, 0.15) is 5.82 Å². The van der Waals surface area contributed by atoms with Gasteiger partial charge in [0, 0.05) is 6.04 Å². The second-order valence-electron chi connectivity index (χ2n) is 3.93. The molecule has 1 aromatic rings. The number of fused-ring (bicyclic) bond motifs is 1. The van der Waals surface area contributed by atoms with E-state index in [9.17, 15) is 9.18 Å². The van der Waals surface area contributed by atoms with Crippen LogP contribution in [0.25, 0.3) is 0 Å². The maximum absolute atomic E-state index is 13.1. The van der Waals surface area contributed by atoms with Gasteiger partial charge in [0.05, 0.1) is 17.9 Å². The molecule has 0 atom stereocenters. The number of carbonyl (C=O) groups is 1. The van der Waals surface area contributed by atoms with Crippen molar-refractivity contribution in [1.29, 1.82) is 0 Å². The number of halogens is 1. The van der Waals surface area contributed by atoms with Crippen molar-refractivity contribution in [3.05, 3.63) is 24.0 Å². The van der Waals surface area contributed by atoms with Gasteiger partial charge in [-0.2, -0.15) is 0 Å². The van der Waals surface area contributed by atoms with Crippen LogP contribution in [0, 0.1) is 5.82 Å². The van der Waals surface area contributed by atoms with Crippen LogP contribution in [0.15, 0.2) is 18.2 Å². The Morgan fingerprint density at radius 3 is 2.87 bits per heavy atom. The molecular formula is C11H13FN2O. The highest BCUT2D eigenvalue weighted by molar-refractivity contribution is 6.01. The zero-order valence-corrected chi connectivity index (χ0v) is 8.75. The fourth-order valence-corrected chi connectivity index (χ4v) is 1.74. The monoisotopic (exact) mass is 208 g/mol. The van der Waals surface area contributed by atoms with E-state index in [2.05, 4.69) is 5.32 Å². The minimum atomic E-state index is -0.282. The number of nitrogens with zero attached hydrogens (tertiary/aromatic N) is 1. The number of carbonyl (C=O) groups excluding carboxylic acids is 1. The molecule has 1 amide bonds. The third-order valence-corrected chi connectivity index (χ3v) is 2.48. The molecule has 0 fully saturated rings. The Hall–Kier alpha value is -1.58. The summed E-state index contributed by atoms with van der Waals surface area (Å²) < 4.78 is 13.1. The number of amides is 1. The van der Waals surface area contributed by atoms with E-state index in [1.807, 2.05) is 18.7 Å². The predicted octanol–water partition coefficient (Wildman–Crippen LogP) is 1.99. The lowest BCUT2D eigenvalue weighted by Crippen LogP contribution is -2.42. The Morgan fingerprint density at radius 1 is 1.47 bits per heavy atom. The molecule has 0 aliphatic carbocycles. The lowest BCUT2D eigenvalue weighted by molar-refractivity contribution is -0.115. The van der Waals surface area contributed by atoms with Crippen molar-refractivity contribution in [2.24, 2.45) is 0 Å². The quantitative estimate of drug-likeness (QED) is 0.765. The van der Waals surface area contributed by atoms with E-state index >= 15 is 0 Å². The topological polar surface area (TPSA) is 32.3 Å². The smallest absolute Gasteiger partial charge is 0.243 e. The molecule has 0 aromatic heterocycles. The Kier molecular flexibility index (Phi) is 2.34. The first-order chi connectivity index (χ1) is 7.08. The van der Waals surface area contributed by atoms with Crippen LogP contribution < -0.4 is 10.2 Å². The second kappa shape index (κ2) is 3.53. The highest BCUT2D eigenvalue weighted by Crippen LogP contribution is 2.31. The number of benzene rings is 1. The minimum Gasteiger partial charge on any atom is -0.358 e. The Morgan fingerprint density at radius 2 is 2.20 bits per heavy atom. The fourth-order valence-electron chi connectivity index (χ4n) is 1.74. The van der Waals surface area contributed by atoms with Crippen LogP contribution in [0.5, 0.6) is 0 Å². The van der Waals surface area contributed by atoms with Crippen LogP contribution in [-0.4, -0.2) is 18.5 Å². The summed E-state index contributed by atoms with van der Waals surface area (Å²) in [6.07, 6.45) is 0. The summed E-state index contributed by atoms with van der Waals surface area (Å²) in [6, 6.07) is 4.58. The molecule has 0 saturated carbocycles. The second-order valence-corrected chi connectivity index (χ2v) is 3.93. The molecule has 1 N–H and O–H groups in total. The number of anilines is 2. The van der Waals surface area contributed by atoms with Crippen LogP contribution in [-0.2, 0) is 4.79 Å². The standard InChI is InChI=1S/C11H13FN2O/c1-7(2)14-6-11(15)13-9-4-3-8(12)5-10(9)14/h3-5,7H,6H2,1-2H3,(H,13,15).